The van der Waals surface area contributed by atoms with Crippen molar-refractivity contribution >= 4 is 40.3 Å². The van der Waals surface area contributed by atoms with Crippen LogP contribution in [-0.4, -0.2) is 59.9 Å². The van der Waals surface area contributed by atoms with Crippen LogP contribution in [0.3, 0.4) is 0 Å². The maximum Gasteiger partial charge on any atom is 0.414 e. The number of ether oxygens (including phenoxy) is 2. The number of fused-ring (bicyclic) bond motifs is 1. The van der Waals surface area contributed by atoms with Gasteiger partial charge in [-0.25, -0.2) is 9.78 Å². The number of H-pyrrole nitrogens is 1. The van der Waals surface area contributed by atoms with Crippen LogP contribution in [0.1, 0.15) is 24.8 Å². The smallest absolute Gasteiger partial charge is 0.414 e. The lowest BCUT2D eigenvalue weighted by atomic mass is 9.69. The van der Waals surface area contributed by atoms with E-state index in [1.165, 1.54) is 12.1 Å². The molecule has 1 fully saturated rings. The molecule has 0 spiro atoms. The summed E-state index contributed by atoms with van der Waals surface area (Å²) in [6.45, 7) is 0.607. The normalized spacial score (nSPS) is 22.0. The Morgan fingerprint density at radius 1 is 1.28 bits per heavy atom. The van der Waals surface area contributed by atoms with Crippen molar-refractivity contribution in [2.24, 2.45) is 5.92 Å². The van der Waals surface area contributed by atoms with Gasteiger partial charge in [0.05, 0.1) is 33.8 Å². The fourth-order valence-corrected chi connectivity index (χ4v) is 5.06. The molecule has 2 aromatic carbocycles. The van der Waals surface area contributed by atoms with Crippen molar-refractivity contribution in [2.75, 3.05) is 27.7 Å². The maximum atomic E-state index is 12.7. The molecule has 11 heteroatoms. The Kier molecular flexibility index (Phi) is 7.75. The highest BCUT2D eigenvalue weighted by Crippen LogP contribution is 2.43. The van der Waals surface area contributed by atoms with Crippen LogP contribution < -0.4 is 20.3 Å². The van der Waals surface area contributed by atoms with Gasteiger partial charge in [-0.1, -0.05) is 35.3 Å². The van der Waals surface area contributed by atoms with E-state index in [-0.39, 0.29) is 22.0 Å². The van der Waals surface area contributed by atoms with Crippen LogP contribution in [0.5, 0.6) is 11.6 Å². The van der Waals surface area contributed by atoms with Gasteiger partial charge in [0.15, 0.2) is 0 Å². The number of benzene rings is 2. The molecule has 0 bridgehead atoms. The first kappa shape index (κ1) is 26.2. The fourth-order valence-electron chi connectivity index (χ4n) is 4.74. The summed E-state index contributed by atoms with van der Waals surface area (Å²) in [5.41, 5.74) is -0.270. The molecule has 9 nitrogen and oxygen atoms in total. The van der Waals surface area contributed by atoms with Crippen molar-refractivity contribution in [1.82, 2.24) is 20.2 Å². The van der Waals surface area contributed by atoms with E-state index in [2.05, 4.69) is 15.3 Å². The molecule has 1 heterocycles. The summed E-state index contributed by atoms with van der Waals surface area (Å²) in [6, 6.07) is 10.1. The third-order valence-corrected chi connectivity index (χ3v) is 7.21. The second kappa shape index (κ2) is 10.6. The molecule has 1 aromatic heterocycles. The Bertz CT molecular complexity index is 1330. The molecule has 4 rings (SSSR count). The molecule has 1 aliphatic rings. The Balaban J connectivity index is 1.49. The number of carbonyl (C=O) groups is 1. The monoisotopic (exact) mass is 534 g/mol. The van der Waals surface area contributed by atoms with Gasteiger partial charge in [-0.15, -0.1) is 0 Å². The zero-order valence-electron chi connectivity index (χ0n) is 20.2. The zero-order chi connectivity index (χ0) is 26.0. The van der Waals surface area contributed by atoms with Gasteiger partial charge < -0.3 is 29.8 Å². The summed E-state index contributed by atoms with van der Waals surface area (Å²) in [4.78, 5) is 33.8. The van der Waals surface area contributed by atoms with Crippen LogP contribution in [0.4, 0.5) is 4.79 Å². The number of amides is 1. The number of methoxy groups -OCH3 is 1. The lowest BCUT2D eigenvalue weighted by Crippen LogP contribution is -2.51. The van der Waals surface area contributed by atoms with Gasteiger partial charge in [-0.3, -0.25) is 4.79 Å². The van der Waals surface area contributed by atoms with Crippen LogP contribution in [0.15, 0.2) is 41.2 Å². The van der Waals surface area contributed by atoms with Crippen molar-refractivity contribution in [1.29, 1.82) is 0 Å². The summed E-state index contributed by atoms with van der Waals surface area (Å²) < 4.78 is 10.6. The Hall–Kier alpha value is -2.85. The Morgan fingerprint density at radius 3 is 2.75 bits per heavy atom. The van der Waals surface area contributed by atoms with E-state index in [0.29, 0.717) is 42.6 Å². The predicted octanol–water partition coefficient (Wildman–Crippen LogP) is 3.95. The lowest BCUT2D eigenvalue weighted by Gasteiger charge is -2.44. The largest absolute Gasteiger partial charge is 0.497 e. The zero-order valence-corrected chi connectivity index (χ0v) is 21.7. The van der Waals surface area contributed by atoms with E-state index < -0.39 is 23.1 Å². The SMILES string of the molecule is COc1cccc(C2(O)CCC(NC(=O)Oc3nc4cc(Cl)c(Cl)cc4[nH]c3=O)CC2CN(C)C)c1. The Morgan fingerprint density at radius 2 is 2.03 bits per heavy atom. The molecule has 1 amide bonds. The number of rotatable bonds is 6. The molecule has 1 aliphatic carbocycles. The third-order valence-electron chi connectivity index (χ3n) is 6.49. The molecule has 0 saturated heterocycles. The number of hydrogen-bond donors (Lipinski definition) is 3. The van der Waals surface area contributed by atoms with Gasteiger partial charge in [0.1, 0.15) is 5.75 Å². The molecule has 0 aliphatic heterocycles. The van der Waals surface area contributed by atoms with E-state index >= 15 is 0 Å². The number of aromatic amines is 1. The van der Waals surface area contributed by atoms with Crippen LogP contribution >= 0.6 is 23.2 Å². The standard InChI is InChI=1S/C25H28Cl2N4O5/c1-31(2)13-15-9-16(7-8-25(15,34)14-5-4-6-17(10-14)35-3)28-24(33)36-23-22(32)29-20-11-18(26)19(27)12-21(20)30-23/h4-6,10-12,15-16,34H,7-9,13H2,1-3H3,(H,28,33)(H,29,32). The van der Waals surface area contributed by atoms with Crippen LogP contribution in [0.2, 0.25) is 10.0 Å². The summed E-state index contributed by atoms with van der Waals surface area (Å²) in [7, 11) is 5.47. The molecular formula is C25H28Cl2N4O5. The average Bonchev–Trinajstić information content (AvgIpc) is 2.83. The average molecular weight is 535 g/mol. The second-order valence-electron chi connectivity index (χ2n) is 9.28. The summed E-state index contributed by atoms with van der Waals surface area (Å²) in [5, 5.41) is 15.1. The summed E-state index contributed by atoms with van der Waals surface area (Å²) in [5.74, 6) is 0.102. The number of aliphatic hydroxyl groups is 1. The van der Waals surface area contributed by atoms with Crippen molar-refractivity contribution in [3.05, 3.63) is 62.4 Å². The predicted molar refractivity (Wildman–Crippen MR) is 138 cm³/mol. The van der Waals surface area contributed by atoms with Crippen LogP contribution in [-0.2, 0) is 5.60 Å². The van der Waals surface area contributed by atoms with Crippen molar-refractivity contribution in [2.45, 2.75) is 30.9 Å². The van der Waals surface area contributed by atoms with E-state index in [4.69, 9.17) is 32.7 Å². The fraction of sp³-hybridized carbons (Fsp3) is 0.400. The minimum absolute atomic E-state index is 0.173. The highest BCUT2D eigenvalue weighted by molar-refractivity contribution is 6.42. The van der Waals surface area contributed by atoms with Crippen molar-refractivity contribution < 1.29 is 19.4 Å². The molecular weight excluding hydrogens is 507 g/mol. The van der Waals surface area contributed by atoms with Crippen LogP contribution in [0, 0.1) is 5.92 Å². The van der Waals surface area contributed by atoms with E-state index in [1.807, 2.05) is 43.3 Å². The number of carbonyl (C=O) groups excluding carboxylic acids is 1. The number of nitrogens with one attached hydrogen (secondary N) is 2. The molecule has 3 aromatic rings. The quantitative estimate of drug-likeness (QED) is 0.438. The molecule has 192 valence electrons. The number of halogens is 2. The first-order valence-electron chi connectivity index (χ1n) is 11.5. The molecule has 36 heavy (non-hydrogen) atoms. The molecule has 3 unspecified atom stereocenters. The van der Waals surface area contributed by atoms with Gasteiger partial charge in [0, 0.05) is 18.5 Å². The minimum atomic E-state index is -1.08. The molecule has 3 atom stereocenters. The number of nitrogens with zero attached hydrogens (tertiary/aromatic N) is 2. The molecule has 3 N–H and O–H groups in total. The third kappa shape index (κ3) is 5.59. The van der Waals surface area contributed by atoms with Crippen molar-refractivity contribution in [3.63, 3.8) is 0 Å². The first-order chi connectivity index (χ1) is 17.1. The minimum Gasteiger partial charge on any atom is -0.497 e. The van der Waals surface area contributed by atoms with Crippen molar-refractivity contribution in [3.8, 4) is 11.6 Å². The number of aromatic nitrogens is 2. The second-order valence-corrected chi connectivity index (χ2v) is 10.1. The van der Waals surface area contributed by atoms with Gasteiger partial charge in [-0.05, 0) is 63.2 Å². The summed E-state index contributed by atoms with van der Waals surface area (Å²) >= 11 is 12.0. The van der Waals surface area contributed by atoms with Gasteiger partial charge in [0.2, 0.25) is 0 Å². The van der Waals surface area contributed by atoms with Crippen LogP contribution in [0.25, 0.3) is 11.0 Å². The van der Waals surface area contributed by atoms with E-state index in [0.717, 1.165) is 5.56 Å². The maximum absolute atomic E-state index is 12.7. The Labute approximate surface area is 218 Å². The lowest BCUT2D eigenvalue weighted by molar-refractivity contribution is -0.0686. The molecule has 0 radical (unpaired) electrons. The number of hydrogen-bond acceptors (Lipinski definition) is 7. The summed E-state index contributed by atoms with van der Waals surface area (Å²) in [6.07, 6.45) is 0.657. The van der Waals surface area contributed by atoms with E-state index in [9.17, 15) is 14.7 Å². The highest BCUT2D eigenvalue weighted by Gasteiger charge is 2.44. The topological polar surface area (TPSA) is 117 Å². The van der Waals surface area contributed by atoms with Gasteiger partial charge >= 0.3 is 11.7 Å². The van der Waals surface area contributed by atoms with Gasteiger partial charge in [0.25, 0.3) is 5.88 Å². The van der Waals surface area contributed by atoms with Gasteiger partial charge in [-0.2, -0.15) is 0 Å². The highest BCUT2D eigenvalue weighted by atomic mass is 35.5. The van der Waals surface area contributed by atoms with E-state index in [1.54, 1.807) is 7.11 Å². The first-order valence-corrected chi connectivity index (χ1v) is 12.2. The molecule has 1 saturated carbocycles.